The van der Waals surface area contributed by atoms with Crippen molar-refractivity contribution in [3.8, 4) is 0 Å². The van der Waals surface area contributed by atoms with Crippen LogP contribution in [-0.2, 0) is 0 Å². The van der Waals surface area contributed by atoms with Crippen molar-refractivity contribution in [2.24, 2.45) is 0 Å². The second kappa shape index (κ2) is 5.02. The molecule has 0 fully saturated rings. The van der Waals surface area contributed by atoms with Crippen LogP contribution < -0.4 is 5.73 Å². The van der Waals surface area contributed by atoms with Gasteiger partial charge in [0.05, 0.1) is 6.54 Å². The average molecular weight is 215 g/mol. The zero-order valence-corrected chi connectivity index (χ0v) is 8.82. The van der Waals surface area contributed by atoms with Crippen LogP contribution in [0.1, 0.15) is 18.5 Å². The van der Waals surface area contributed by atoms with Gasteiger partial charge in [-0.3, -0.25) is 4.90 Å². The highest BCUT2D eigenvalue weighted by Crippen LogP contribution is 2.22. The lowest BCUT2D eigenvalue weighted by atomic mass is 10.1. The van der Waals surface area contributed by atoms with E-state index in [2.05, 4.69) is 4.98 Å². The van der Waals surface area contributed by atoms with E-state index in [-0.39, 0.29) is 12.6 Å². The van der Waals surface area contributed by atoms with E-state index in [0.717, 1.165) is 5.56 Å². The van der Waals surface area contributed by atoms with E-state index in [1.165, 1.54) is 0 Å². The van der Waals surface area contributed by atoms with Crippen LogP contribution in [0.5, 0.6) is 0 Å². The number of hydrogen-bond donors (Lipinski definition) is 1. The Kier molecular flexibility index (Phi) is 3.96. The highest BCUT2D eigenvalue weighted by atomic mass is 19.3. The summed E-state index contributed by atoms with van der Waals surface area (Å²) in [5.74, 6) is 0.395. The molecule has 1 rings (SSSR count). The molecule has 0 aliphatic carbocycles. The number of alkyl halides is 2. The first kappa shape index (κ1) is 11.8. The zero-order chi connectivity index (χ0) is 11.4. The zero-order valence-electron chi connectivity index (χ0n) is 8.82. The van der Waals surface area contributed by atoms with Gasteiger partial charge in [-0.1, -0.05) is 6.07 Å². The van der Waals surface area contributed by atoms with Crippen molar-refractivity contribution < 1.29 is 8.78 Å². The largest absolute Gasteiger partial charge is 0.383 e. The van der Waals surface area contributed by atoms with Crippen molar-refractivity contribution in [2.45, 2.75) is 19.4 Å². The van der Waals surface area contributed by atoms with Crippen molar-refractivity contribution >= 4 is 5.82 Å². The second-order valence-corrected chi connectivity index (χ2v) is 3.48. The van der Waals surface area contributed by atoms with Crippen LogP contribution in [0.2, 0.25) is 0 Å². The first-order valence-electron chi connectivity index (χ1n) is 4.71. The molecule has 2 N–H and O–H groups in total. The fourth-order valence-corrected chi connectivity index (χ4v) is 1.40. The highest BCUT2D eigenvalue weighted by molar-refractivity contribution is 5.40. The molecule has 0 aliphatic rings. The lowest BCUT2D eigenvalue weighted by molar-refractivity contribution is 0.0843. The Bertz CT molecular complexity index is 317. The number of hydrogen-bond acceptors (Lipinski definition) is 3. The third kappa shape index (κ3) is 3.13. The van der Waals surface area contributed by atoms with Crippen molar-refractivity contribution in [1.29, 1.82) is 0 Å². The van der Waals surface area contributed by atoms with Crippen LogP contribution >= 0.6 is 0 Å². The van der Waals surface area contributed by atoms with Crippen LogP contribution in [0.4, 0.5) is 14.6 Å². The first-order chi connectivity index (χ1) is 7.02. The number of anilines is 1. The van der Waals surface area contributed by atoms with Crippen molar-refractivity contribution in [3.63, 3.8) is 0 Å². The summed E-state index contributed by atoms with van der Waals surface area (Å²) in [4.78, 5) is 5.48. The minimum atomic E-state index is -2.34. The Morgan fingerprint density at radius 1 is 1.53 bits per heavy atom. The molecule has 0 saturated heterocycles. The maximum Gasteiger partial charge on any atom is 0.251 e. The molecule has 0 bridgehead atoms. The summed E-state index contributed by atoms with van der Waals surface area (Å²) in [6.07, 6.45) is -0.756. The Morgan fingerprint density at radius 2 is 2.20 bits per heavy atom. The van der Waals surface area contributed by atoms with Crippen molar-refractivity contribution in [3.05, 3.63) is 23.9 Å². The van der Waals surface area contributed by atoms with Crippen LogP contribution in [0.15, 0.2) is 18.3 Å². The summed E-state index contributed by atoms with van der Waals surface area (Å²) >= 11 is 0. The maximum absolute atomic E-state index is 12.2. The Morgan fingerprint density at radius 3 is 2.73 bits per heavy atom. The van der Waals surface area contributed by atoms with Crippen LogP contribution in [-0.4, -0.2) is 29.9 Å². The van der Waals surface area contributed by atoms with Gasteiger partial charge in [-0.05, 0) is 20.0 Å². The summed E-state index contributed by atoms with van der Waals surface area (Å²) in [5.41, 5.74) is 6.44. The van der Waals surface area contributed by atoms with E-state index in [4.69, 9.17) is 5.73 Å². The summed E-state index contributed by atoms with van der Waals surface area (Å²) in [6.45, 7) is 1.56. The molecular formula is C10H15F2N3. The fraction of sp³-hybridized carbons (Fsp3) is 0.500. The molecule has 3 nitrogen and oxygen atoms in total. The van der Waals surface area contributed by atoms with E-state index in [0.29, 0.717) is 5.82 Å². The molecule has 1 unspecified atom stereocenters. The van der Waals surface area contributed by atoms with Gasteiger partial charge in [0.15, 0.2) is 0 Å². The number of aromatic nitrogens is 1. The van der Waals surface area contributed by atoms with Gasteiger partial charge in [-0.15, -0.1) is 0 Å². The monoisotopic (exact) mass is 215 g/mol. The normalized spacial score (nSPS) is 13.5. The third-order valence-electron chi connectivity index (χ3n) is 2.41. The van der Waals surface area contributed by atoms with Crippen molar-refractivity contribution in [2.75, 3.05) is 19.3 Å². The predicted octanol–water partition coefficient (Wildman–Crippen LogP) is 1.92. The number of pyridine rings is 1. The standard InChI is InChI=1S/C10H15F2N3/c1-7(15(2)6-9(11)12)8-4-3-5-14-10(8)13/h3-5,7,9H,6H2,1-2H3,(H2,13,14). The van der Waals surface area contributed by atoms with Crippen LogP contribution in [0.3, 0.4) is 0 Å². The average Bonchev–Trinajstić information content (AvgIpc) is 2.16. The molecule has 0 aliphatic heterocycles. The molecular weight excluding hydrogens is 200 g/mol. The topological polar surface area (TPSA) is 42.1 Å². The molecule has 84 valence electrons. The molecule has 0 radical (unpaired) electrons. The van der Waals surface area contributed by atoms with E-state index in [9.17, 15) is 8.78 Å². The second-order valence-electron chi connectivity index (χ2n) is 3.48. The quantitative estimate of drug-likeness (QED) is 0.834. The summed E-state index contributed by atoms with van der Waals surface area (Å²) < 4.78 is 24.3. The lowest BCUT2D eigenvalue weighted by Crippen LogP contribution is -2.28. The minimum Gasteiger partial charge on any atom is -0.383 e. The summed E-state index contributed by atoms with van der Waals surface area (Å²) in [5, 5.41) is 0. The van der Waals surface area contributed by atoms with Gasteiger partial charge >= 0.3 is 0 Å². The highest BCUT2D eigenvalue weighted by Gasteiger charge is 2.17. The van der Waals surface area contributed by atoms with Crippen LogP contribution in [0.25, 0.3) is 0 Å². The molecule has 1 aromatic heterocycles. The van der Waals surface area contributed by atoms with E-state index < -0.39 is 6.43 Å². The van der Waals surface area contributed by atoms with Crippen molar-refractivity contribution in [1.82, 2.24) is 9.88 Å². The maximum atomic E-state index is 12.2. The molecule has 0 amide bonds. The fourth-order valence-electron chi connectivity index (χ4n) is 1.40. The SMILES string of the molecule is CC(c1cccnc1N)N(C)CC(F)F. The lowest BCUT2D eigenvalue weighted by Gasteiger charge is -2.25. The van der Waals surface area contributed by atoms with E-state index in [1.54, 1.807) is 30.3 Å². The van der Waals surface area contributed by atoms with Gasteiger partial charge in [0.25, 0.3) is 6.43 Å². The summed E-state index contributed by atoms with van der Waals surface area (Å²) in [6, 6.07) is 3.39. The Balaban J connectivity index is 2.76. The van der Waals surface area contributed by atoms with Gasteiger partial charge in [0, 0.05) is 17.8 Å². The van der Waals surface area contributed by atoms with E-state index >= 15 is 0 Å². The Labute approximate surface area is 87.9 Å². The Hall–Kier alpha value is -1.23. The van der Waals surface area contributed by atoms with Gasteiger partial charge in [-0.2, -0.15) is 0 Å². The number of nitrogens with two attached hydrogens (primary N) is 1. The van der Waals surface area contributed by atoms with E-state index in [1.807, 2.05) is 6.92 Å². The van der Waals surface area contributed by atoms with Gasteiger partial charge in [0.2, 0.25) is 0 Å². The minimum absolute atomic E-state index is 0.160. The van der Waals surface area contributed by atoms with Gasteiger partial charge in [0.1, 0.15) is 5.82 Å². The molecule has 0 saturated carbocycles. The molecule has 1 atom stereocenters. The number of nitrogen functional groups attached to an aromatic ring is 1. The number of nitrogens with zero attached hydrogens (tertiary/aromatic N) is 2. The number of rotatable bonds is 4. The molecule has 0 aromatic carbocycles. The molecule has 5 heteroatoms. The van der Waals surface area contributed by atoms with Gasteiger partial charge < -0.3 is 5.73 Å². The number of halogens is 2. The van der Waals surface area contributed by atoms with Gasteiger partial charge in [-0.25, -0.2) is 13.8 Å². The molecule has 1 aromatic rings. The first-order valence-corrected chi connectivity index (χ1v) is 4.71. The van der Waals surface area contributed by atoms with Crippen LogP contribution in [0, 0.1) is 0 Å². The molecule has 15 heavy (non-hydrogen) atoms. The predicted molar refractivity (Wildman–Crippen MR) is 55.7 cm³/mol. The third-order valence-corrected chi connectivity index (χ3v) is 2.41. The molecule has 0 spiro atoms. The summed E-state index contributed by atoms with van der Waals surface area (Å²) in [7, 11) is 1.64. The smallest absolute Gasteiger partial charge is 0.251 e. The molecule has 1 heterocycles.